The molecule has 0 spiro atoms. The van der Waals surface area contributed by atoms with Crippen molar-refractivity contribution in [1.82, 2.24) is 0 Å². The van der Waals surface area contributed by atoms with Crippen LogP contribution in [0.25, 0.3) is 0 Å². The van der Waals surface area contributed by atoms with Crippen LogP contribution in [0.15, 0.2) is 12.2 Å². The van der Waals surface area contributed by atoms with Crippen molar-refractivity contribution in [3.63, 3.8) is 0 Å². The van der Waals surface area contributed by atoms with E-state index in [1.165, 1.54) is 7.11 Å². The number of halogens is 2. The van der Waals surface area contributed by atoms with Crippen molar-refractivity contribution < 1.29 is 18.3 Å². The average Bonchev–Trinajstić information content (AvgIpc) is 2.17. The van der Waals surface area contributed by atoms with Gasteiger partial charge in [0.25, 0.3) is 6.08 Å². The van der Waals surface area contributed by atoms with Crippen LogP contribution >= 0.6 is 0 Å². The zero-order chi connectivity index (χ0) is 10.6. The molecule has 0 radical (unpaired) electrons. The monoisotopic (exact) mass is 204 g/mol. The Bertz CT molecular complexity index is 226. The van der Waals surface area contributed by atoms with Gasteiger partial charge in [0.05, 0.1) is 13.0 Å². The molecule has 1 rings (SSSR count). The van der Waals surface area contributed by atoms with E-state index in [1.807, 2.05) is 0 Å². The van der Waals surface area contributed by atoms with Crippen molar-refractivity contribution in [1.29, 1.82) is 0 Å². The molecule has 80 valence electrons. The van der Waals surface area contributed by atoms with Crippen LogP contribution in [0.5, 0.6) is 0 Å². The van der Waals surface area contributed by atoms with Gasteiger partial charge < -0.3 is 4.74 Å². The topological polar surface area (TPSA) is 26.3 Å². The molecule has 1 aliphatic rings. The van der Waals surface area contributed by atoms with Crippen molar-refractivity contribution in [3.05, 3.63) is 12.2 Å². The number of methoxy groups -OCH3 is 1. The first-order chi connectivity index (χ1) is 6.63. The van der Waals surface area contributed by atoms with Crippen LogP contribution < -0.4 is 0 Å². The number of carbonyl (C=O) groups excluding carboxylic acids is 1. The molecule has 0 amide bonds. The second-order valence-electron chi connectivity index (χ2n) is 3.59. The van der Waals surface area contributed by atoms with Crippen molar-refractivity contribution in [2.75, 3.05) is 7.11 Å². The summed E-state index contributed by atoms with van der Waals surface area (Å²) in [6, 6.07) is 0. The fourth-order valence-corrected chi connectivity index (χ4v) is 1.87. The lowest BCUT2D eigenvalue weighted by atomic mass is 9.82. The lowest BCUT2D eigenvalue weighted by Crippen LogP contribution is -2.22. The van der Waals surface area contributed by atoms with E-state index in [4.69, 9.17) is 0 Å². The second-order valence-corrected chi connectivity index (χ2v) is 3.59. The largest absolute Gasteiger partial charge is 0.469 e. The average molecular weight is 204 g/mol. The van der Waals surface area contributed by atoms with E-state index in [0.717, 1.165) is 6.08 Å². The summed E-state index contributed by atoms with van der Waals surface area (Å²) in [4.78, 5) is 11.1. The fourth-order valence-electron chi connectivity index (χ4n) is 1.87. The Morgan fingerprint density at radius 1 is 1.29 bits per heavy atom. The van der Waals surface area contributed by atoms with Gasteiger partial charge in [-0.1, -0.05) is 0 Å². The maximum absolute atomic E-state index is 11.9. The minimum Gasteiger partial charge on any atom is -0.469 e. The third kappa shape index (κ3) is 3.09. The molecule has 0 atom stereocenters. The summed E-state index contributed by atoms with van der Waals surface area (Å²) < 4.78 is 28.4. The Morgan fingerprint density at radius 2 is 1.86 bits per heavy atom. The molecule has 0 N–H and O–H groups in total. The minimum atomic E-state index is -1.62. The first-order valence-corrected chi connectivity index (χ1v) is 4.74. The third-order valence-corrected chi connectivity index (χ3v) is 2.67. The van der Waals surface area contributed by atoms with Gasteiger partial charge in [0.15, 0.2) is 0 Å². The van der Waals surface area contributed by atoms with E-state index in [0.29, 0.717) is 25.7 Å². The van der Waals surface area contributed by atoms with Crippen molar-refractivity contribution in [2.24, 2.45) is 11.8 Å². The Labute approximate surface area is 81.9 Å². The Balaban J connectivity index is 2.38. The highest BCUT2D eigenvalue weighted by molar-refractivity contribution is 5.72. The van der Waals surface area contributed by atoms with Gasteiger partial charge in [-0.05, 0) is 37.7 Å². The number of ether oxygens (including phenoxy) is 1. The molecule has 14 heavy (non-hydrogen) atoms. The molecular formula is C10H14F2O2. The van der Waals surface area contributed by atoms with Crippen LogP contribution in [0.4, 0.5) is 8.78 Å². The predicted octanol–water partition coefficient (Wildman–Crippen LogP) is 2.75. The predicted molar refractivity (Wildman–Crippen MR) is 47.8 cm³/mol. The van der Waals surface area contributed by atoms with Crippen LogP contribution in [0.2, 0.25) is 0 Å². The number of hydrogen-bond donors (Lipinski definition) is 0. The Kier molecular flexibility index (Phi) is 4.04. The number of rotatable bonds is 2. The Hall–Kier alpha value is -0.930. The van der Waals surface area contributed by atoms with Crippen LogP contribution in [-0.4, -0.2) is 13.1 Å². The highest BCUT2D eigenvalue weighted by Crippen LogP contribution is 2.31. The second kappa shape index (κ2) is 5.08. The van der Waals surface area contributed by atoms with Gasteiger partial charge in [-0.15, -0.1) is 0 Å². The maximum atomic E-state index is 11.9. The number of carbonyl (C=O) groups is 1. The van der Waals surface area contributed by atoms with Gasteiger partial charge in [-0.3, -0.25) is 4.79 Å². The molecule has 0 aromatic carbocycles. The van der Waals surface area contributed by atoms with Gasteiger partial charge in [0.2, 0.25) is 0 Å². The first-order valence-electron chi connectivity index (χ1n) is 4.74. The molecule has 0 heterocycles. The molecule has 0 aromatic rings. The molecule has 1 aliphatic carbocycles. The number of allylic oxidation sites excluding steroid dienone is 1. The molecule has 0 aliphatic heterocycles. The third-order valence-electron chi connectivity index (χ3n) is 2.67. The van der Waals surface area contributed by atoms with Crippen LogP contribution in [-0.2, 0) is 9.53 Å². The highest BCUT2D eigenvalue weighted by atomic mass is 19.3. The van der Waals surface area contributed by atoms with E-state index in [-0.39, 0.29) is 17.8 Å². The summed E-state index contributed by atoms with van der Waals surface area (Å²) in [7, 11) is 1.36. The summed E-state index contributed by atoms with van der Waals surface area (Å²) in [5, 5.41) is 0. The summed E-state index contributed by atoms with van der Waals surface area (Å²) in [6.07, 6.45) is 1.98. The SMILES string of the molecule is COC(=O)C1CCC(C=C(F)F)CC1. The smallest absolute Gasteiger partial charge is 0.308 e. The van der Waals surface area contributed by atoms with Gasteiger partial charge in [-0.25, -0.2) is 0 Å². The van der Waals surface area contributed by atoms with E-state index < -0.39 is 6.08 Å². The van der Waals surface area contributed by atoms with Gasteiger partial charge >= 0.3 is 5.97 Å². The molecule has 1 saturated carbocycles. The first kappa shape index (κ1) is 11.1. The molecule has 4 heteroatoms. The number of hydrogen-bond acceptors (Lipinski definition) is 2. The summed E-state index contributed by atoms with van der Waals surface area (Å²) >= 11 is 0. The molecular weight excluding hydrogens is 190 g/mol. The van der Waals surface area contributed by atoms with Gasteiger partial charge in [-0.2, -0.15) is 8.78 Å². The van der Waals surface area contributed by atoms with Crippen LogP contribution in [0.3, 0.4) is 0 Å². The zero-order valence-corrected chi connectivity index (χ0v) is 8.13. The van der Waals surface area contributed by atoms with Crippen LogP contribution in [0.1, 0.15) is 25.7 Å². The van der Waals surface area contributed by atoms with Gasteiger partial charge in [0.1, 0.15) is 0 Å². The lowest BCUT2D eigenvalue weighted by molar-refractivity contribution is -0.146. The van der Waals surface area contributed by atoms with Crippen molar-refractivity contribution in [3.8, 4) is 0 Å². The molecule has 0 saturated heterocycles. The normalized spacial score (nSPS) is 26.8. The van der Waals surface area contributed by atoms with Gasteiger partial charge in [0, 0.05) is 0 Å². The minimum absolute atomic E-state index is 0.0686. The van der Waals surface area contributed by atoms with Crippen molar-refractivity contribution >= 4 is 5.97 Å². The standard InChI is InChI=1S/C10H14F2O2/c1-14-10(13)8-4-2-7(3-5-8)6-9(11)12/h6-8H,2-5H2,1H3. The van der Waals surface area contributed by atoms with E-state index in [1.54, 1.807) is 0 Å². The summed E-state index contributed by atoms with van der Waals surface area (Å²) in [6.45, 7) is 0. The molecule has 0 bridgehead atoms. The fraction of sp³-hybridized carbons (Fsp3) is 0.700. The summed E-state index contributed by atoms with van der Waals surface area (Å²) in [5.74, 6) is -0.374. The molecule has 0 aromatic heterocycles. The summed E-state index contributed by atoms with van der Waals surface area (Å²) in [5.41, 5.74) is 0. The quantitative estimate of drug-likeness (QED) is 0.646. The Morgan fingerprint density at radius 3 is 2.29 bits per heavy atom. The zero-order valence-electron chi connectivity index (χ0n) is 8.13. The van der Waals surface area contributed by atoms with Crippen LogP contribution in [0, 0.1) is 11.8 Å². The number of esters is 1. The lowest BCUT2D eigenvalue weighted by Gasteiger charge is -2.24. The highest BCUT2D eigenvalue weighted by Gasteiger charge is 2.26. The molecule has 2 nitrogen and oxygen atoms in total. The molecule has 0 unspecified atom stereocenters. The van der Waals surface area contributed by atoms with E-state index >= 15 is 0 Å². The molecule has 1 fully saturated rings. The van der Waals surface area contributed by atoms with E-state index in [9.17, 15) is 13.6 Å². The van der Waals surface area contributed by atoms with E-state index in [2.05, 4.69) is 4.74 Å². The van der Waals surface area contributed by atoms with Crippen molar-refractivity contribution in [2.45, 2.75) is 25.7 Å². The maximum Gasteiger partial charge on any atom is 0.308 e.